The van der Waals surface area contributed by atoms with Gasteiger partial charge in [0, 0.05) is 36.3 Å². The van der Waals surface area contributed by atoms with E-state index < -0.39 is 11.4 Å². The second-order valence-corrected chi connectivity index (χ2v) is 14.4. The number of piperidine rings is 1. The van der Waals surface area contributed by atoms with Crippen LogP contribution in [0, 0.1) is 5.82 Å². The Hall–Kier alpha value is -4.42. The molecule has 1 aromatic carbocycles. The molecular formula is C37H41FN6O5. The molecular weight excluding hydrogens is 627 g/mol. The maximum Gasteiger partial charge on any atom is 0.338 e. The van der Waals surface area contributed by atoms with Gasteiger partial charge in [-0.3, -0.25) is 4.90 Å². The van der Waals surface area contributed by atoms with E-state index in [2.05, 4.69) is 19.4 Å². The van der Waals surface area contributed by atoms with Crippen molar-refractivity contribution in [3.05, 3.63) is 76.9 Å². The highest BCUT2D eigenvalue weighted by atomic mass is 19.1. The van der Waals surface area contributed by atoms with E-state index in [4.69, 9.17) is 28.6 Å². The van der Waals surface area contributed by atoms with Crippen LogP contribution in [0.3, 0.4) is 0 Å². The Kier molecular flexibility index (Phi) is 8.31. The van der Waals surface area contributed by atoms with Gasteiger partial charge in [0.2, 0.25) is 17.5 Å². The second-order valence-electron chi connectivity index (χ2n) is 14.4. The number of carbonyl (C=O) groups excluding carboxylic acids is 1. The van der Waals surface area contributed by atoms with Crippen LogP contribution in [0.5, 0.6) is 5.88 Å². The molecule has 3 fully saturated rings. The molecule has 49 heavy (non-hydrogen) atoms. The minimum absolute atomic E-state index is 0.0533. The maximum absolute atomic E-state index is 14.8. The number of carbonyl (C=O) groups is 1. The normalized spacial score (nSPS) is 19.0. The predicted molar refractivity (Wildman–Crippen MR) is 179 cm³/mol. The van der Waals surface area contributed by atoms with Gasteiger partial charge in [-0.15, -0.1) is 0 Å². The van der Waals surface area contributed by atoms with E-state index in [1.54, 1.807) is 12.1 Å². The molecule has 3 aliphatic rings. The van der Waals surface area contributed by atoms with Crippen LogP contribution < -0.4 is 4.74 Å². The third-order valence-electron chi connectivity index (χ3n) is 9.47. The summed E-state index contributed by atoms with van der Waals surface area (Å²) in [4.78, 5) is 33.8. The minimum atomic E-state index is -0.571. The van der Waals surface area contributed by atoms with Crippen molar-refractivity contribution < 1.29 is 27.8 Å². The number of aromatic nitrogens is 5. The second kappa shape index (κ2) is 12.8. The lowest BCUT2D eigenvalue weighted by Gasteiger charge is -2.32. The molecule has 0 bridgehead atoms. The van der Waals surface area contributed by atoms with Gasteiger partial charge < -0.3 is 23.2 Å². The Morgan fingerprint density at radius 2 is 1.78 bits per heavy atom. The van der Waals surface area contributed by atoms with E-state index >= 15 is 0 Å². The summed E-state index contributed by atoms with van der Waals surface area (Å²) in [6, 6.07) is 12.7. The molecule has 2 aliphatic heterocycles. The van der Waals surface area contributed by atoms with Crippen LogP contribution in [0.25, 0.3) is 22.3 Å². The number of benzene rings is 1. The van der Waals surface area contributed by atoms with E-state index in [9.17, 15) is 9.18 Å². The zero-order valence-corrected chi connectivity index (χ0v) is 28.2. The summed E-state index contributed by atoms with van der Waals surface area (Å²) in [5.41, 5.74) is 3.64. The fourth-order valence-corrected chi connectivity index (χ4v) is 6.56. The van der Waals surface area contributed by atoms with Gasteiger partial charge in [0.25, 0.3) is 0 Å². The third-order valence-corrected chi connectivity index (χ3v) is 9.47. The molecule has 6 heterocycles. The largest absolute Gasteiger partial charge is 0.471 e. The number of nitrogens with zero attached hydrogens (tertiary/aromatic N) is 6. The van der Waals surface area contributed by atoms with Gasteiger partial charge in [-0.1, -0.05) is 6.07 Å². The van der Waals surface area contributed by atoms with Crippen molar-refractivity contribution in [1.82, 2.24) is 29.4 Å². The van der Waals surface area contributed by atoms with Crippen molar-refractivity contribution in [3.8, 4) is 5.88 Å². The quantitative estimate of drug-likeness (QED) is 0.149. The predicted octanol–water partition coefficient (Wildman–Crippen LogP) is 6.69. The number of oxazole rings is 1. The van der Waals surface area contributed by atoms with Crippen molar-refractivity contribution in [2.75, 3.05) is 19.7 Å². The van der Waals surface area contributed by atoms with Gasteiger partial charge in [-0.2, -0.15) is 0 Å². The lowest BCUT2D eigenvalue weighted by Crippen LogP contribution is -2.35. The van der Waals surface area contributed by atoms with Crippen LogP contribution >= 0.6 is 0 Å². The monoisotopic (exact) mass is 668 g/mol. The number of likely N-dealkylation sites (tertiary alicyclic amines) is 1. The molecule has 1 saturated carbocycles. The summed E-state index contributed by atoms with van der Waals surface area (Å²) in [6.07, 6.45) is 5.12. The Morgan fingerprint density at radius 3 is 2.51 bits per heavy atom. The molecule has 8 rings (SSSR count). The van der Waals surface area contributed by atoms with Crippen LogP contribution in [0.15, 0.2) is 46.9 Å². The summed E-state index contributed by atoms with van der Waals surface area (Å²) >= 11 is 0. The van der Waals surface area contributed by atoms with Gasteiger partial charge >= 0.3 is 5.97 Å². The first-order chi connectivity index (χ1) is 23.6. The summed E-state index contributed by atoms with van der Waals surface area (Å²) in [6.45, 7) is 9.50. The fraction of sp³-hybridized carbons (Fsp3) is 0.486. The lowest BCUT2D eigenvalue weighted by molar-refractivity contribution is -0.0592. The zero-order valence-electron chi connectivity index (χ0n) is 28.2. The summed E-state index contributed by atoms with van der Waals surface area (Å²) in [7, 11) is 0. The standard InChI is InChI=1S/C37H41FN6O5/c1-37(2,3)49-36(45)24-9-10-28-31(17-24)44(19-25-13-16-46-25)32(39-28)20-43-14-11-22(12-15-43)27-5-4-6-33(40-27)47-21-30-26(38)18-29-35(42-30)48-34(41-29)23-7-8-23/h4-6,9-10,17-18,22-23,25H,7-8,11-16,19-21H2,1-3H3. The highest BCUT2D eigenvalue weighted by Crippen LogP contribution is 2.40. The first-order valence-corrected chi connectivity index (χ1v) is 17.3. The van der Waals surface area contributed by atoms with Crippen molar-refractivity contribution in [1.29, 1.82) is 0 Å². The van der Waals surface area contributed by atoms with E-state index in [1.807, 2.05) is 45.0 Å². The number of ether oxygens (including phenoxy) is 3. The molecule has 4 aromatic heterocycles. The van der Waals surface area contributed by atoms with Gasteiger partial charge in [0.1, 0.15) is 29.2 Å². The van der Waals surface area contributed by atoms with Crippen molar-refractivity contribution in [3.63, 3.8) is 0 Å². The molecule has 0 spiro atoms. The van der Waals surface area contributed by atoms with E-state index in [0.717, 1.165) is 74.4 Å². The molecule has 12 heteroatoms. The first-order valence-electron chi connectivity index (χ1n) is 17.3. The third kappa shape index (κ3) is 7.02. The van der Waals surface area contributed by atoms with Crippen LogP contribution in [0.1, 0.15) is 98.2 Å². The first kappa shape index (κ1) is 31.8. The number of rotatable bonds is 10. The zero-order chi connectivity index (χ0) is 33.7. The van der Waals surface area contributed by atoms with Crippen LogP contribution in [0.2, 0.25) is 0 Å². The van der Waals surface area contributed by atoms with Crippen molar-refractivity contribution in [2.24, 2.45) is 0 Å². The smallest absolute Gasteiger partial charge is 0.338 e. The molecule has 1 atom stereocenters. The van der Waals surface area contributed by atoms with Gasteiger partial charge in [0.15, 0.2) is 5.82 Å². The minimum Gasteiger partial charge on any atom is -0.471 e. The van der Waals surface area contributed by atoms with Gasteiger partial charge in [-0.05, 0) is 90.2 Å². The van der Waals surface area contributed by atoms with Gasteiger partial charge in [-0.25, -0.2) is 29.1 Å². The van der Waals surface area contributed by atoms with E-state index in [1.165, 1.54) is 6.07 Å². The SMILES string of the molecule is CC(C)(C)OC(=O)c1ccc2nc(CN3CCC(c4cccc(OCc5nc6oc(C7CC7)nc6cc5F)n4)CC3)n(CC3CCO3)c2c1. The Morgan fingerprint density at radius 1 is 0.959 bits per heavy atom. The molecule has 0 radical (unpaired) electrons. The highest BCUT2D eigenvalue weighted by molar-refractivity contribution is 5.94. The number of halogens is 1. The van der Waals surface area contributed by atoms with Crippen LogP contribution in [-0.2, 0) is 29.2 Å². The molecule has 2 saturated heterocycles. The molecule has 256 valence electrons. The number of hydrogen-bond acceptors (Lipinski definition) is 10. The molecule has 0 amide bonds. The molecule has 11 nitrogen and oxygen atoms in total. The van der Waals surface area contributed by atoms with E-state index in [0.29, 0.717) is 47.6 Å². The summed E-state index contributed by atoms with van der Waals surface area (Å²) in [5, 5.41) is 0. The number of imidazole rings is 1. The van der Waals surface area contributed by atoms with Crippen LogP contribution in [-0.4, -0.2) is 66.8 Å². The highest BCUT2D eigenvalue weighted by Gasteiger charge is 2.30. The molecule has 5 aromatic rings. The maximum atomic E-state index is 14.8. The number of fused-ring (bicyclic) bond motifs is 2. The summed E-state index contributed by atoms with van der Waals surface area (Å²) < 4.78 is 40.1. The van der Waals surface area contributed by atoms with Crippen LogP contribution in [0.4, 0.5) is 4.39 Å². The average Bonchev–Trinajstić information content (AvgIpc) is 3.74. The Labute approximate surface area is 283 Å². The molecule has 1 aliphatic carbocycles. The molecule has 0 N–H and O–H groups in total. The van der Waals surface area contributed by atoms with E-state index in [-0.39, 0.29) is 30.3 Å². The number of esters is 1. The number of pyridine rings is 2. The Balaban J connectivity index is 0.918. The molecule has 1 unspecified atom stereocenters. The average molecular weight is 669 g/mol. The lowest BCUT2D eigenvalue weighted by atomic mass is 9.93. The number of hydrogen-bond donors (Lipinski definition) is 0. The van der Waals surface area contributed by atoms with Crippen molar-refractivity contribution in [2.45, 2.75) is 96.1 Å². The van der Waals surface area contributed by atoms with Gasteiger partial charge in [0.05, 0.1) is 35.8 Å². The summed E-state index contributed by atoms with van der Waals surface area (Å²) in [5.74, 6) is 1.83. The topological polar surface area (TPSA) is 118 Å². The Bertz CT molecular complexity index is 2000. The fourth-order valence-electron chi connectivity index (χ4n) is 6.56. The van der Waals surface area contributed by atoms with Crippen molar-refractivity contribution >= 4 is 28.2 Å².